The zero-order valence-corrected chi connectivity index (χ0v) is 16.8. The van der Waals surface area contributed by atoms with Gasteiger partial charge in [-0.05, 0) is 36.6 Å². The monoisotopic (exact) mass is 456 g/mol. The van der Waals surface area contributed by atoms with Crippen LogP contribution in [0.5, 0.6) is 0 Å². The Bertz CT molecular complexity index is 988. The van der Waals surface area contributed by atoms with E-state index < -0.39 is 53.8 Å². The van der Waals surface area contributed by atoms with E-state index in [2.05, 4.69) is 5.32 Å². The fourth-order valence-corrected chi connectivity index (χ4v) is 3.68. The average molecular weight is 456 g/mol. The topological polar surface area (TPSA) is 69.6 Å². The van der Waals surface area contributed by atoms with Crippen molar-refractivity contribution in [2.24, 2.45) is 5.92 Å². The third-order valence-corrected chi connectivity index (χ3v) is 5.41. The number of amides is 2. The van der Waals surface area contributed by atoms with Crippen LogP contribution >= 0.6 is 0 Å². The van der Waals surface area contributed by atoms with Crippen LogP contribution in [-0.4, -0.2) is 41.5 Å². The highest BCUT2D eigenvalue weighted by Gasteiger charge is 2.35. The second kappa shape index (κ2) is 9.64. The summed E-state index contributed by atoms with van der Waals surface area (Å²) in [6.45, 7) is -0.0771. The molecule has 1 saturated heterocycles. The van der Waals surface area contributed by atoms with Gasteiger partial charge in [0.2, 0.25) is 5.91 Å². The molecule has 0 aromatic heterocycles. The lowest BCUT2D eigenvalue weighted by Gasteiger charge is -2.31. The third-order valence-electron chi connectivity index (χ3n) is 5.41. The lowest BCUT2D eigenvalue weighted by molar-refractivity contribution is -0.139. The molecule has 1 aliphatic heterocycles. The number of likely N-dealkylation sites (tertiary alicyclic amines) is 1. The van der Waals surface area contributed by atoms with Gasteiger partial charge < -0.3 is 15.3 Å². The SMILES string of the molecule is O=C(NCC(O)c1ccccc1C(F)(F)F)C1CCN(C(=O)c2ccc(F)cc2F)CC1. The van der Waals surface area contributed by atoms with Crippen LogP contribution in [-0.2, 0) is 11.0 Å². The molecule has 2 N–H and O–H groups in total. The molecule has 1 aliphatic rings. The number of aliphatic hydroxyl groups is 1. The summed E-state index contributed by atoms with van der Waals surface area (Å²) in [4.78, 5) is 26.2. The molecule has 2 amide bonds. The molecule has 0 saturated carbocycles. The van der Waals surface area contributed by atoms with E-state index in [1.807, 2.05) is 0 Å². The molecule has 32 heavy (non-hydrogen) atoms. The van der Waals surface area contributed by atoms with Gasteiger partial charge in [-0.25, -0.2) is 8.78 Å². The van der Waals surface area contributed by atoms with Crippen LogP contribution in [0.2, 0.25) is 0 Å². The molecule has 1 unspecified atom stereocenters. The van der Waals surface area contributed by atoms with Crippen molar-refractivity contribution in [2.45, 2.75) is 25.1 Å². The number of rotatable bonds is 5. The highest BCUT2D eigenvalue weighted by Crippen LogP contribution is 2.34. The Kier molecular flexibility index (Phi) is 7.12. The van der Waals surface area contributed by atoms with E-state index in [4.69, 9.17) is 0 Å². The minimum atomic E-state index is -4.63. The lowest BCUT2D eigenvalue weighted by atomic mass is 9.95. The molecule has 10 heteroatoms. The Hall–Kier alpha value is -3.01. The molecule has 0 bridgehead atoms. The van der Waals surface area contributed by atoms with E-state index in [-0.39, 0.29) is 37.1 Å². The summed E-state index contributed by atoms with van der Waals surface area (Å²) < 4.78 is 66.1. The Balaban J connectivity index is 1.53. The molecule has 2 aromatic carbocycles. The molecular weight excluding hydrogens is 435 g/mol. The summed E-state index contributed by atoms with van der Waals surface area (Å²) in [5.41, 5.74) is -1.57. The summed E-state index contributed by atoms with van der Waals surface area (Å²) in [5, 5.41) is 12.6. The number of aliphatic hydroxyl groups excluding tert-OH is 1. The average Bonchev–Trinajstić information content (AvgIpc) is 2.76. The third kappa shape index (κ3) is 5.42. The number of carbonyl (C=O) groups is 2. The Morgan fingerprint density at radius 2 is 1.75 bits per heavy atom. The first-order valence-electron chi connectivity index (χ1n) is 9.94. The quantitative estimate of drug-likeness (QED) is 0.675. The van der Waals surface area contributed by atoms with Gasteiger partial charge in [0.15, 0.2) is 0 Å². The number of halogens is 5. The molecule has 0 spiro atoms. The Labute approximate surface area is 180 Å². The molecule has 1 heterocycles. The minimum absolute atomic E-state index is 0.160. The van der Waals surface area contributed by atoms with E-state index in [0.29, 0.717) is 6.07 Å². The van der Waals surface area contributed by atoms with Crippen molar-refractivity contribution < 1.29 is 36.6 Å². The van der Waals surface area contributed by atoms with Crippen LogP contribution in [0.25, 0.3) is 0 Å². The van der Waals surface area contributed by atoms with Crippen molar-refractivity contribution in [1.29, 1.82) is 0 Å². The van der Waals surface area contributed by atoms with Gasteiger partial charge in [-0.1, -0.05) is 18.2 Å². The van der Waals surface area contributed by atoms with E-state index in [1.54, 1.807) is 0 Å². The molecule has 0 radical (unpaired) electrons. The number of benzene rings is 2. The molecule has 1 atom stereocenters. The molecule has 0 aliphatic carbocycles. The number of nitrogens with one attached hydrogen (secondary N) is 1. The zero-order chi connectivity index (χ0) is 23.5. The van der Waals surface area contributed by atoms with Crippen LogP contribution in [0.1, 0.15) is 40.4 Å². The second-order valence-corrected chi connectivity index (χ2v) is 7.54. The molecule has 172 valence electrons. The van der Waals surface area contributed by atoms with Crippen LogP contribution in [0.4, 0.5) is 22.0 Å². The van der Waals surface area contributed by atoms with Crippen molar-refractivity contribution in [3.05, 3.63) is 70.8 Å². The maximum absolute atomic E-state index is 13.8. The molecule has 2 aromatic rings. The number of hydrogen-bond donors (Lipinski definition) is 2. The van der Waals surface area contributed by atoms with Gasteiger partial charge in [0.25, 0.3) is 5.91 Å². The van der Waals surface area contributed by atoms with E-state index in [9.17, 15) is 36.6 Å². The maximum atomic E-state index is 13.8. The minimum Gasteiger partial charge on any atom is -0.387 e. The number of alkyl halides is 3. The van der Waals surface area contributed by atoms with Gasteiger partial charge in [-0.3, -0.25) is 9.59 Å². The fraction of sp³-hybridized carbons (Fsp3) is 0.364. The smallest absolute Gasteiger partial charge is 0.387 e. The predicted octanol–water partition coefficient (Wildman–Crippen LogP) is 3.69. The Morgan fingerprint density at radius 3 is 2.38 bits per heavy atom. The summed E-state index contributed by atoms with van der Waals surface area (Å²) in [5.74, 6) is -3.34. The van der Waals surface area contributed by atoms with Crippen molar-refractivity contribution in [3.63, 3.8) is 0 Å². The number of hydrogen-bond acceptors (Lipinski definition) is 3. The normalized spacial score (nSPS) is 16.0. The van der Waals surface area contributed by atoms with Crippen LogP contribution < -0.4 is 5.32 Å². The van der Waals surface area contributed by atoms with Crippen LogP contribution in [0.15, 0.2) is 42.5 Å². The molecule has 5 nitrogen and oxygen atoms in total. The molecule has 3 rings (SSSR count). The van der Waals surface area contributed by atoms with E-state index >= 15 is 0 Å². The summed E-state index contributed by atoms with van der Waals surface area (Å²) in [6.07, 6.45) is -5.66. The molecule has 1 fully saturated rings. The van der Waals surface area contributed by atoms with Gasteiger partial charge in [-0.2, -0.15) is 13.2 Å². The van der Waals surface area contributed by atoms with Crippen molar-refractivity contribution in [2.75, 3.05) is 19.6 Å². The summed E-state index contributed by atoms with van der Waals surface area (Å²) in [7, 11) is 0. The van der Waals surface area contributed by atoms with Crippen molar-refractivity contribution >= 4 is 11.8 Å². The van der Waals surface area contributed by atoms with Gasteiger partial charge in [-0.15, -0.1) is 0 Å². The highest BCUT2D eigenvalue weighted by molar-refractivity contribution is 5.94. The lowest BCUT2D eigenvalue weighted by Crippen LogP contribution is -2.44. The second-order valence-electron chi connectivity index (χ2n) is 7.54. The number of piperidine rings is 1. The first-order chi connectivity index (χ1) is 15.1. The standard InChI is InChI=1S/C22H21F5N2O3/c23-14-5-6-16(18(24)11-14)21(32)29-9-7-13(8-10-29)20(31)28-12-19(30)15-3-1-2-4-17(15)22(25,26)27/h1-6,11,13,19,30H,7-10,12H2,(H,28,31). The fourth-order valence-electron chi connectivity index (χ4n) is 3.68. The van der Waals surface area contributed by atoms with Gasteiger partial charge >= 0.3 is 6.18 Å². The molecular formula is C22H21F5N2O3. The van der Waals surface area contributed by atoms with Gasteiger partial charge in [0, 0.05) is 31.6 Å². The summed E-state index contributed by atoms with van der Waals surface area (Å²) >= 11 is 0. The Morgan fingerprint density at radius 1 is 1.09 bits per heavy atom. The van der Waals surface area contributed by atoms with Crippen LogP contribution in [0.3, 0.4) is 0 Å². The number of nitrogens with zero attached hydrogens (tertiary/aromatic N) is 1. The largest absolute Gasteiger partial charge is 0.416 e. The van der Waals surface area contributed by atoms with E-state index in [0.717, 1.165) is 24.3 Å². The highest BCUT2D eigenvalue weighted by atomic mass is 19.4. The predicted molar refractivity (Wildman–Crippen MR) is 104 cm³/mol. The first-order valence-corrected chi connectivity index (χ1v) is 9.94. The number of carbonyl (C=O) groups excluding carboxylic acids is 2. The van der Waals surface area contributed by atoms with Gasteiger partial charge in [0.05, 0.1) is 17.2 Å². The first kappa shape index (κ1) is 23.6. The van der Waals surface area contributed by atoms with Crippen molar-refractivity contribution in [1.82, 2.24) is 10.2 Å². The maximum Gasteiger partial charge on any atom is 0.416 e. The van der Waals surface area contributed by atoms with Crippen LogP contribution in [0, 0.1) is 17.6 Å². The summed E-state index contributed by atoms with van der Waals surface area (Å²) in [6, 6.07) is 7.26. The van der Waals surface area contributed by atoms with Gasteiger partial charge in [0.1, 0.15) is 11.6 Å². The van der Waals surface area contributed by atoms with E-state index in [1.165, 1.54) is 17.0 Å². The van der Waals surface area contributed by atoms with Crippen molar-refractivity contribution in [3.8, 4) is 0 Å². The zero-order valence-electron chi connectivity index (χ0n) is 16.8.